The molecule has 0 saturated heterocycles. The Morgan fingerprint density at radius 2 is 2.00 bits per heavy atom. The van der Waals surface area contributed by atoms with Gasteiger partial charge < -0.3 is 10.3 Å². The third-order valence-electron chi connectivity index (χ3n) is 3.01. The highest BCUT2D eigenvalue weighted by atomic mass is 16.1. The number of rotatable bonds is 4. The molecule has 0 aliphatic carbocycles. The van der Waals surface area contributed by atoms with Crippen LogP contribution < -0.4 is 5.32 Å². The summed E-state index contributed by atoms with van der Waals surface area (Å²) in [7, 11) is 0. The van der Waals surface area contributed by atoms with Gasteiger partial charge in [-0.15, -0.1) is 0 Å². The summed E-state index contributed by atoms with van der Waals surface area (Å²) in [5.74, 6) is 0.419. The number of amides is 1. The molecule has 0 fully saturated rings. The van der Waals surface area contributed by atoms with Crippen molar-refractivity contribution in [1.82, 2.24) is 15.3 Å². The van der Waals surface area contributed by atoms with Gasteiger partial charge in [0.1, 0.15) is 5.82 Å². The number of benzene rings is 1. The lowest BCUT2D eigenvalue weighted by Crippen LogP contribution is -2.27. The van der Waals surface area contributed by atoms with Gasteiger partial charge in [0.05, 0.1) is 6.04 Å². The fourth-order valence-corrected chi connectivity index (χ4v) is 1.88. The molecule has 0 spiro atoms. The average molecular weight is 271 g/mol. The van der Waals surface area contributed by atoms with Gasteiger partial charge in [0.15, 0.2) is 5.78 Å². The minimum Gasteiger partial charge on any atom is -0.344 e. The number of nitrogens with zero attached hydrogens (tertiary/aromatic N) is 1. The Hall–Kier alpha value is -2.43. The van der Waals surface area contributed by atoms with Crippen LogP contribution in [0.5, 0.6) is 0 Å². The van der Waals surface area contributed by atoms with E-state index in [1.165, 1.54) is 6.92 Å². The summed E-state index contributed by atoms with van der Waals surface area (Å²) < 4.78 is 0. The fourth-order valence-electron chi connectivity index (χ4n) is 1.88. The van der Waals surface area contributed by atoms with Gasteiger partial charge in [0.2, 0.25) is 0 Å². The lowest BCUT2D eigenvalue weighted by molar-refractivity contribution is 0.0938. The predicted molar refractivity (Wildman–Crippen MR) is 75.7 cm³/mol. The topological polar surface area (TPSA) is 74.8 Å². The monoisotopic (exact) mass is 271 g/mol. The van der Waals surface area contributed by atoms with Crippen LogP contribution in [0, 0.1) is 6.92 Å². The Labute approximate surface area is 117 Å². The Bertz CT molecular complexity index is 646. The van der Waals surface area contributed by atoms with E-state index in [9.17, 15) is 9.59 Å². The van der Waals surface area contributed by atoms with Gasteiger partial charge in [-0.1, -0.05) is 12.1 Å². The largest absolute Gasteiger partial charge is 0.344 e. The lowest BCUT2D eigenvalue weighted by atomic mass is 10.1. The highest BCUT2D eigenvalue weighted by molar-refractivity contribution is 5.99. The average Bonchev–Trinajstić information content (AvgIpc) is 2.85. The van der Waals surface area contributed by atoms with E-state index in [1.54, 1.807) is 30.5 Å². The van der Waals surface area contributed by atoms with E-state index in [4.69, 9.17) is 0 Å². The molecule has 2 rings (SSSR count). The predicted octanol–water partition coefficient (Wildman–Crippen LogP) is 2.41. The maximum absolute atomic E-state index is 12.1. The number of carbonyl (C=O) groups is 2. The third-order valence-corrected chi connectivity index (χ3v) is 3.01. The Balaban J connectivity index is 2.12. The number of aryl methyl sites for hydroxylation is 1. The van der Waals surface area contributed by atoms with E-state index in [-0.39, 0.29) is 17.7 Å². The van der Waals surface area contributed by atoms with Crippen LogP contribution in [0.2, 0.25) is 0 Å². The molecule has 1 heterocycles. The van der Waals surface area contributed by atoms with Gasteiger partial charge in [-0.3, -0.25) is 9.59 Å². The van der Waals surface area contributed by atoms with Crippen LogP contribution in [0.15, 0.2) is 30.5 Å². The van der Waals surface area contributed by atoms with Gasteiger partial charge in [-0.05, 0) is 32.9 Å². The molecule has 1 atom stereocenters. The molecule has 5 heteroatoms. The van der Waals surface area contributed by atoms with Crippen molar-refractivity contribution in [1.29, 1.82) is 0 Å². The molecular formula is C15H17N3O2. The zero-order valence-corrected chi connectivity index (χ0v) is 11.7. The molecule has 0 bridgehead atoms. The number of Topliss-reactive ketones (excluding diaryl/α,β-unsaturated/α-hetero) is 1. The zero-order chi connectivity index (χ0) is 14.7. The normalized spacial score (nSPS) is 11.9. The van der Waals surface area contributed by atoms with E-state index in [2.05, 4.69) is 15.3 Å². The molecule has 104 valence electrons. The number of hydrogen-bond donors (Lipinski definition) is 2. The Morgan fingerprint density at radius 1 is 1.30 bits per heavy atom. The molecule has 0 aliphatic heterocycles. The summed E-state index contributed by atoms with van der Waals surface area (Å²) in [4.78, 5) is 30.7. The van der Waals surface area contributed by atoms with Gasteiger partial charge in [0, 0.05) is 23.0 Å². The second-order valence-corrected chi connectivity index (χ2v) is 4.78. The molecule has 0 saturated carbocycles. The number of aromatic nitrogens is 2. The minimum atomic E-state index is -0.227. The van der Waals surface area contributed by atoms with Gasteiger partial charge in [0.25, 0.3) is 5.91 Å². The minimum absolute atomic E-state index is 0.0608. The second kappa shape index (κ2) is 5.69. The number of aromatic amines is 1. The Kier molecular flexibility index (Phi) is 3.98. The molecule has 0 aliphatic rings. The molecule has 1 aromatic carbocycles. The van der Waals surface area contributed by atoms with Gasteiger partial charge in [-0.25, -0.2) is 4.98 Å². The maximum Gasteiger partial charge on any atom is 0.251 e. The van der Waals surface area contributed by atoms with Crippen molar-refractivity contribution in [3.05, 3.63) is 53.1 Å². The summed E-state index contributed by atoms with van der Waals surface area (Å²) in [6, 6.07) is 6.45. The third kappa shape index (κ3) is 3.12. The molecule has 2 aromatic rings. The lowest BCUT2D eigenvalue weighted by Gasteiger charge is -2.12. The molecule has 0 radical (unpaired) electrons. The van der Waals surface area contributed by atoms with Crippen LogP contribution in [-0.4, -0.2) is 21.7 Å². The zero-order valence-electron chi connectivity index (χ0n) is 11.7. The summed E-state index contributed by atoms with van der Waals surface area (Å²) in [5, 5.41) is 2.85. The molecule has 20 heavy (non-hydrogen) atoms. The van der Waals surface area contributed by atoms with Crippen molar-refractivity contribution >= 4 is 11.7 Å². The summed E-state index contributed by atoms with van der Waals surface area (Å²) >= 11 is 0. The van der Waals surface area contributed by atoms with Crippen LogP contribution in [-0.2, 0) is 0 Å². The van der Waals surface area contributed by atoms with Crippen LogP contribution >= 0.6 is 0 Å². The molecular weight excluding hydrogens is 254 g/mol. The summed E-state index contributed by atoms with van der Waals surface area (Å²) in [5.41, 5.74) is 1.94. The molecule has 5 nitrogen and oxygen atoms in total. The number of hydrogen-bond acceptors (Lipinski definition) is 3. The van der Waals surface area contributed by atoms with Gasteiger partial charge >= 0.3 is 0 Å². The first kappa shape index (κ1) is 14.0. The highest BCUT2D eigenvalue weighted by Gasteiger charge is 2.14. The van der Waals surface area contributed by atoms with E-state index in [1.807, 2.05) is 13.8 Å². The van der Waals surface area contributed by atoms with Crippen molar-refractivity contribution in [3.63, 3.8) is 0 Å². The SMILES string of the molecule is CC(=O)c1cccc(C(=O)NC(C)c2ncc(C)[nH]2)c1. The van der Waals surface area contributed by atoms with E-state index < -0.39 is 0 Å². The van der Waals surface area contributed by atoms with Crippen molar-refractivity contribution in [2.75, 3.05) is 0 Å². The number of imidazole rings is 1. The van der Waals surface area contributed by atoms with Crippen LogP contribution in [0.3, 0.4) is 0 Å². The molecule has 2 N–H and O–H groups in total. The van der Waals surface area contributed by atoms with Crippen LogP contribution in [0.4, 0.5) is 0 Å². The standard InChI is InChI=1S/C15H17N3O2/c1-9-8-16-14(17-9)10(2)18-15(20)13-6-4-5-12(7-13)11(3)19/h4-8,10H,1-3H3,(H,16,17)(H,18,20). The first-order valence-electron chi connectivity index (χ1n) is 6.40. The van der Waals surface area contributed by atoms with Crippen molar-refractivity contribution in [3.8, 4) is 0 Å². The molecule has 1 unspecified atom stereocenters. The van der Waals surface area contributed by atoms with Crippen molar-refractivity contribution < 1.29 is 9.59 Å². The van der Waals surface area contributed by atoms with Crippen LogP contribution in [0.1, 0.15) is 52.1 Å². The second-order valence-electron chi connectivity index (χ2n) is 4.78. The maximum atomic E-state index is 12.1. The van der Waals surface area contributed by atoms with Crippen molar-refractivity contribution in [2.45, 2.75) is 26.8 Å². The molecule has 1 amide bonds. The molecule has 1 aromatic heterocycles. The van der Waals surface area contributed by atoms with E-state index >= 15 is 0 Å². The quantitative estimate of drug-likeness (QED) is 0.838. The fraction of sp³-hybridized carbons (Fsp3) is 0.267. The first-order valence-corrected chi connectivity index (χ1v) is 6.40. The van der Waals surface area contributed by atoms with E-state index in [0.29, 0.717) is 17.0 Å². The number of ketones is 1. The van der Waals surface area contributed by atoms with Crippen LogP contribution in [0.25, 0.3) is 0 Å². The number of H-pyrrole nitrogens is 1. The highest BCUT2D eigenvalue weighted by Crippen LogP contribution is 2.11. The first-order chi connectivity index (χ1) is 9.47. The Morgan fingerprint density at radius 3 is 2.60 bits per heavy atom. The smallest absolute Gasteiger partial charge is 0.251 e. The summed E-state index contributed by atoms with van der Waals surface area (Å²) in [6.07, 6.45) is 1.72. The summed E-state index contributed by atoms with van der Waals surface area (Å²) in [6.45, 7) is 5.23. The van der Waals surface area contributed by atoms with Crippen molar-refractivity contribution in [2.24, 2.45) is 0 Å². The number of nitrogens with one attached hydrogen (secondary N) is 2. The number of carbonyl (C=O) groups excluding carboxylic acids is 2. The van der Waals surface area contributed by atoms with E-state index in [0.717, 1.165) is 5.69 Å². The van der Waals surface area contributed by atoms with Gasteiger partial charge in [-0.2, -0.15) is 0 Å².